The molecule has 0 atom stereocenters. The fourth-order valence-corrected chi connectivity index (χ4v) is 1.43. The van der Waals surface area contributed by atoms with Gasteiger partial charge >= 0.3 is 0 Å². The van der Waals surface area contributed by atoms with Crippen LogP contribution in [0.25, 0.3) is 0 Å². The quantitative estimate of drug-likeness (QED) is 0.634. The molecule has 0 aromatic carbocycles. The molecule has 1 aliphatic rings. The molecule has 1 heterocycles. The predicted molar refractivity (Wildman–Crippen MR) is 52.3 cm³/mol. The highest BCUT2D eigenvalue weighted by Crippen LogP contribution is 2.07. The fourth-order valence-electron chi connectivity index (χ4n) is 1.43. The summed E-state index contributed by atoms with van der Waals surface area (Å²) in [5.41, 5.74) is 0. The van der Waals surface area contributed by atoms with Crippen LogP contribution in [-0.4, -0.2) is 30.3 Å². The molecule has 12 heavy (non-hydrogen) atoms. The zero-order valence-corrected chi connectivity index (χ0v) is 8.60. The number of carbonyl (C=O) groups is 1. The maximum absolute atomic E-state index is 10.7. The Kier molecular flexibility index (Phi) is 7.06. The van der Waals surface area contributed by atoms with Gasteiger partial charge in [0, 0.05) is 0 Å². The number of nitrogens with zero attached hydrogens (tertiary/aromatic N) is 1. The van der Waals surface area contributed by atoms with E-state index in [1.807, 2.05) is 13.8 Å². The van der Waals surface area contributed by atoms with Crippen molar-refractivity contribution in [2.45, 2.75) is 40.0 Å². The van der Waals surface area contributed by atoms with Crippen LogP contribution < -0.4 is 0 Å². The molecule has 0 radical (unpaired) electrons. The van der Waals surface area contributed by atoms with Crippen LogP contribution in [-0.2, 0) is 4.79 Å². The van der Waals surface area contributed by atoms with Crippen LogP contribution in [0.1, 0.15) is 40.0 Å². The molecule has 0 aromatic rings. The number of piperidine rings is 1. The Morgan fingerprint density at radius 3 is 2.08 bits per heavy atom. The van der Waals surface area contributed by atoms with Crippen LogP contribution in [0.15, 0.2) is 0 Å². The average molecular weight is 171 g/mol. The number of rotatable bonds is 2. The second-order valence-corrected chi connectivity index (χ2v) is 3.04. The first-order chi connectivity index (χ1) is 5.79. The Morgan fingerprint density at radius 1 is 1.17 bits per heavy atom. The van der Waals surface area contributed by atoms with Crippen LogP contribution in [0, 0.1) is 0 Å². The molecule has 0 bridgehead atoms. The van der Waals surface area contributed by atoms with Crippen molar-refractivity contribution in [3.63, 3.8) is 0 Å². The van der Waals surface area contributed by atoms with E-state index in [1.54, 1.807) is 6.92 Å². The molecular weight excluding hydrogens is 150 g/mol. The molecule has 0 aromatic heterocycles. The van der Waals surface area contributed by atoms with Crippen LogP contribution in [0.3, 0.4) is 0 Å². The van der Waals surface area contributed by atoms with E-state index in [2.05, 4.69) is 4.90 Å². The van der Waals surface area contributed by atoms with Crippen LogP contribution in [0.5, 0.6) is 0 Å². The van der Waals surface area contributed by atoms with E-state index in [9.17, 15) is 4.79 Å². The highest BCUT2D eigenvalue weighted by atomic mass is 16.1. The molecule has 1 aliphatic heterocycles. The molecule has 2 heteroatoms. The lowest BCUT2D eigenvalue weighted by molar-refractivity contribution is -0.118. The minimum absolute atomic E-state index is 0.293. The van der Waals surface area contributed by atoms with Gasteiger partial charge in [-0.3, -0.25) is 9.69 Å². The Hall–Kier alpha value is -0.370. The molecule has 0 amide bonds. The SMILES string of the molecule is CC.CC(=O)CN1CCCCC1. The topological polar surface area (TPSA) is 20.3 Å². The lowest BCUT2D eigenvalue weighted by Crippen LogP contribution is -2.33. The summed E-state index contributed by atoms with van der Waals surface area (Å²) in [5, 5.41) is 0. The Bertz CT molecular complexity index is 117. The first-order valence-electron chi connectivity index (χ1n) is 5.01. The molecule has 0 N–H and O–H groups in total. The largest absolute Gasteiger partial charge is 0.299 e. The third-order valence-corrected chi connectivity index (χ3v) is 1.89. The second-order valence-electron chi connectivity index (χ2n) is 3.04. The minimum atomic E-state index is 0.293. The van der Waals surface area contributed by atoms with Crippen molar-refractivity contribution >= 4 is 5.78 Å². The van der Waals surface area contributed by atoms with E-state index >= 15 is 0 Å². The molecule has 0 unspecified atom stereocenters. The van der Waals surface area contributed by atoms with Gasteiger partial charge in [-0.25, -0.2) is 0 Å². The summed E-state index contributed by atoms with van der Waals surface area (Å²) >= 11 is 0. The summed E-state index contributed by atoms with van der Waals surface area (Å²) in [5.74, 6) is 0.293. The van der Waals surface area contributed by atoms with Crippen molar-refractivity contribution in [1.29, 1.82) is 0 Å². The van der Waals surface area contributed by atoms with Gasteiger partial charge in [-0.05, 0) is 32.9 Å². The van der Waals surface area contributed by atoms with E-state index in [-0.39, 0.29) is 0 Å². The number of hydrogen-bond acceptors (Lipinski definition) is 2. The summed E-state index contributed by atoms with van der Waals surface area (Å²) in [7, 11) is 0. The van der Waals surface area contributed by atoms with Crippen molar-refractivity contribution < 1.29 is 4.79 Å². The van der Waals surface area contributed by atoms with Gasteiger partial charge in [0.15, 0.2) is 0 Å². The predicted octanol–water partition coefficient (Wildman–Crippen LogP) is 2.09. The summed E-state index contributed by atoms with van der Waals surface area (Å²) in [6, 6.07) is 0. The van der Waals surface area contributed by atoms with Crippen molar-refractivity contribution in [1.82, 2.24) is 4.90 Å². The first kappa shape index (κ1) is 11.6. The van der Waals surface area contributed by atoms with Crippen molar-refractivity contribution in [2.75, 3.05) is 19.6 Å². The number of Topliss-reactive ketones (excluding diaryl/α,β-unsaturated/α-hetero) is 1. The van der Waals surface area contributed by atoms with E-state index in [4.69, 9.17) is 0 Å². The molecule has 0 aliphatic carbocycles. The summed E-state index contributed by atoms with van der Waals surface area (Å²) in [6.45, 7) is 8.58. The number of carbonyl (C=O) groups excluding carboxylic acids is 1. The van der Waals surface area contributed by atoms with E-state index in [1.165, 1.54) is 19.3 Å². The lowest BCUT2D eigenvalue weighted by atomic mass is 10.1. The maximum Gasteiger partial charge on any atom is 0.143 e. The van der Waals surface area contributed by atoms with Crippen molar-refractivity contribution in [2.24, 2.45) is 0 Å². The first-order valence-corrected chi connectivity index (χ1v) is 5.01. The van der Waals surface area contributed by atoms with Gasteiger partial charge in [-0.2, -0.15) is 0 Å². The third-order valence-electron chi connectivity index (χ3n) is 1.89. The molecule has 1 saturated heterocycles. The van der Waals surface area contributed by atoms with Gasteiger partial charge in [0.2, 0.25) is 0 Å². The zero-order valence-electron chi connectivity index (χ0n) is 8.60. The molecule has 0 spiro atoms. The van der Waals surface area contributed by atoms with E-state index in [0.717, 1.165) is 13.1 Å². The van der Waals surface area contributed by atoms with Gasteiger partial charge < -0.3 is 0 Å². The van der Waals surface area contributed by atoms with Crippen LogP contribution in [0.4, 0.5) is 0 Å². The molecule has 72 valence electrons. The molecule has 1 fully saturated rings. The molecule has 1 rings (SSSR count). The number of hydrogen-bond donors (Lipinski definition) is 0. The van der Waals surface area contributed by atoms with E-state index < -0.39 is 0 Å². The molecule has 0 saturated carbocycles. The number of likely N-dealkylation sites (tertiary alicyclic amines) is 1. The summed E-state index contributed by atoms with van der Waals surface area (Å²) in [6.07, 6.45) is 3.88. The van der Waals surface area contributed by atoms with Gasteiger partial charge in [0.1, 0.15) is 5.78 Å². The van der Waals surface area contributed by atoms with E-state index in [0.29, 0.717) is 12.3 Å². The third kappa shape index (κ3) is 5.30. The Balaban J connectivity index is 0.000000561. The van der Waals surface area contributed by atoms with Crippen LogP contribution >= 0.6 is 0 Å². The Morgan fingerprint density at radius 2 is 1.67 bits per heavy atom. The monoisotopic (exact) mass is 171 g/mol. The standard InChI is InChI=1S/C8H15NO.C2H6/c1-8(10)7-9-5-3-2-4-6-9;1-2/h2-7H2,1H3;1-2H3. The normalized spacial score (nSPS) is 17.9. The Labute approximate surface area is 75.9 Å². The van der Waals surface area contributed by atoms with Crippen LogP contribution in [0.2, 0.25) is 0 Å². The summed E-state index contributed by atoms with van der Waals surface area (Å²) < 4.78 is 0. The van der Waals surface area contributed by atoms with Gasteiger partial charge in [0.25, 0.3) is 0 Å². The number of ketones is 1. The molecular formula is C10H21NO. The van der Waals surface area contributed by atoms with Crippen molar-refractivity contribution in [3.8, 4) is 0 Å². The molecule has 2 nitrogen and oxygen atoms in total. The zero-order chi connectivity index (χ0) is 9.40. The average Bonchev–Trinajstić information content (AvgIpc) is 2.08. The highest BCUT2D eigenvalue weighted by Gasteiger charge is 2.10. The maximum atomic E-state index is 10.7. The van der Waals surface area contributed by atoms with Gasteiger partial charge in [-0.1, -0.05) is 20.3 Å². The summed E-state index contributed by atoms with van der Waals surface area (Å²) in [4.78, 5) is 12.9. The van der Waals surface area contributed by atoms with Crippen molar-refractivity contribution in [3.05, 3.63) is 0 Å². The smallest absolute Gasteiger partial charge is 0.143 e. The second kappa shape index (κ2) is 7.29. The highest BCUT2D eigenvalue weighted by molar-refractivity contribution is 5.77. The van der Waals surface area contributed by atoms with Gasteiger partial charge in [0.05, 0.1) is 6.54 Å². The van der Waals surface area contributed by atoms with Gasteiger partial charge in [-0.15, -0.1) is 0 Å². The lowest BCUT2D eigenvalue weighted by Gasteiger charge is -2.24. The fraction of sp³-hybridized carbons (Fsp3) is 0.900. The minimum Gasteiger partial charge on any atom is -0.299 e.